The molecule has 1 saturated heterocycles. The van der Waals surface area contributed by atoms with Crippen LogP contribution >= 0.6 is 11.8 Å². The second-order valence-corrected chi connectivity index (χ2v) is 7.43. The van der Waals surface area contributed by atoms with Gasteiger partial charge in [0.15, 0.2) is 0 Å². The van der Waals surface area contributed by atoms with Crippen LogP contribution in [0.25, 0.3) is 10.8 Å². The van der Waals surface area contributed by atoms with Gasteiger partial charge in [-0.1, -0.05) is 30.3 Å². The molecule has 1 aliphatic rings. The number of carboxylic acid groups (broad SMARTS) is 1. The maximum absolute atomic E-state index is 12.5. The topological polar surface area (TPSA) is 66.8 Å². The third kappa shape index (κ3) is 3.80. The van der Waals surface area contributed by atoms with Crippen molar-refractivity contribution in [1.82, 2.24) is 4.90 Å². The molecule has 0 aliphatic carbocycles. The summed E-state index contributed by atoms with van der Waals surface area (Å²) in [7, 11) is 1.49. The molecule has 6 heteroatoms. The number of hydrogen-bond acceptors (Lipinski definition) is 4. The molecule has 132 valence electrons. The Hall–Kier alpha value is -2.05. The average molecular weight is 359 g/mol. The Balaban J connectivity index is 1.61. The van der Waals surface area contributed by atoms with E-state index < -0.39 is 11.4 Å². The minimum atomic E-state index is -0.974. The summed E-state index contributed by atoms with van der Waals surface area (Å²) in [6.45, 7) is 0.810. The molecule has 2 aromatic rings. The summed E-state index contributed by atoms with van der Waals surface area (Å²) in [6, 6.07) is 14.2. The number of likely N-dealkylation sites (tertiary alicyclic amines) is 1. The first kappa shape index (κ1) is 17.8. The summed E-state index contributed by atoms with van der Waals surface area (Å²) in [5.41, 5.74) is -0.974. The summed E-state index contributed by atoms with van der Waals surface area (Å²) in [5, 5.41) is 11.8. The number of amides is 1. The monoisotopic (exact) mass is 359 g/mol. The van der Waals surface area contributed by atoms with Crippen LogP contribution in [0.5, 0.6) is 0 Å². The fourth-order valence-corrected chi connectivity index (χ4v) is 4.06. The number of fused-ring (bicyclic) bond motifs is 1. The van der Waals surface area contributed by atoms with Crippen molar-refractivity contribution in [1.29, 1.82) is 0 Å². The van der Waals surface area contributed by atoms with Crippen LogP contribution in [0.15, 0.2) is 47.4 Å². The predicted molar refractivity (Wildman–Crippen MR) is 97.8 cm³/mol. The van der Waals surface area contributed by atoms with Gasteiger partial charge >= 0.3 is 5.97 Å². The smallest absolute Gasteiger partial charge is 0.313 e. The maximum atomic E-state index is 12.5. The Morgan fingerprint density at radius 1 is 1.24 bits per heavy atom. The van der Waals surface area contributed by atoms with Crippen molar-refractivity contribution in [3.05, 3.63) is 42.5 Å². The summed E-state index contributed by atoms with van der Waals surface area (Å²) >= 11 is 1.48. The first-order chi connectivity index (χ1) is 12.0. The van der Waals surface area contributed by atoms with Gasteiger partial charge in [-0.2, -0.15) is 0 Å². The molecule has 1 unspecified atom stereocenters. The van der Waals surface area contributed by atoms with Gasteiger partial charge in [0.25, 0.3) is 0 Å². The highest BCUT2D eigenvalue weighted by Gasteiger charge is 2.46. The number of nitrogens with zero attached hydrogens (tertiary/aromatic N) is 1. The Kier molecular flexibility index (Phi) is 5.30. The fourth-order valence-electron chi connectivity index (χ4n) is 3.21. The van der Waals surface area contributed by atoms with Gasteiger partial charge in [-0.05, 0) is 29.3 Å². The SMILES string of the molecule is COCC1(C(=O)O)CCN(C(=O)CSc2ccc3ccccc3c2)C1. The van der Waals surface area contributed by atoms with Crippen LogP contribution in [-0.2, 0) is 14.3 Å². The van der Waals surface area contributed by atoms with E-state index >= 15 is 0 Å². The lowest BCUT2D eigenvalue weighted by atomic mass is 9.88. The van der Waals surface area contributed by atoms with E-state index in [-0.39, 0.29) is 19.1 Å². The zero-order valence-corrected chi connectivity index (χ0v) is 14.9. The van der Waals surface area contributed by atoms with E-state index in [1.54, 1.807) is 4.90 Å². The first-order valence-electron chi connectivity index (χ1n) is 8.16. The number of carbonyl (C=O) groups is 2. The molecule has 25 heavy (non-hydrogen) atoms. The second kappa shape index (κ2) is 7.45. The summed E-state index contributed by atoms with van der Waals surface area (Å²) in [4.78, 5) is 26.7. The number of hydrogen-bond donors (Lipinski definition) is 1. The van der Waals surface area contributed by atoms with E-state index in [0.717, 1.165) is 10.3 Å². The highest BCUT2D eigenvalue weighted by atomic mass is 32.2. The Morgan fingerprint density at radius 3 is 2.72 bits per heavy atom. The molecular weight excluding hydrogens is 338 g/mol. The largest absolute Gasteiger partial charge is 0.481 e. The van der Waals surface area contributed by atoms with Crippen molar-refractivity contribution in [2.45, 2.75) is 11.3 Å². The maximum Gasteiger partial charge on any atom is 0.313 e. The number of aliphatic carboxylic acids is 1. The molecule has 5 nitrogen and oxygen atoms in total. The Labute approximate surface area is 151 Å². The summed E-state index contributed by atoms with van der Waals surface area (Å²) in [5.74, 6) is -0.620. The normalized spacial score (nSPS) is 20.1. The molecular formula is C19H21NO4S. The van der Waals surface area contributed by atoms with Gasteiger partial charge in [0.1, 0.15) is 5.41 Å². The van der Waals surface area contributed by atoms with Crippen LogP contribution in [0.4, 0.5) is 0 Å². The Bertz CT molecular complexity index is 794. The highest BCUT2D eigenvalue weighted by Crippen LogP contribution is 2.32. The van der Waals surface area contributed by atoms with Crippen LogP contribution in [0.2, 0.25) is 0 Å². The van der Waals surface area contributed by atoms with Gasteiger partial charge < -0.3 is 14.7 Å². The van der Waals surface area contributed by atoms with E-state index in [4.69, 9.17) is 4.74 Å². The lowest BCUT2D eigenvalue weighted by Gasteiger charge is -2.23. The number of carboxylic acids is 1. The van der Waals surface area contributed by atoms with Gasteiger partial charge in [0, 0.05) is 25.1 Å². The van der Waals surface area contributed by atoms with Gasteiger partial charge in [0.05, 0.1) is 12.4 Å². The second-order valence-electron chi connectivity index (χ2n) is 6.38. The highest BCUT2D eigenvalue weighted by molar-refractivity contribution is 8.00. The van der Waals surface area contributed by atoms with Crippen LogP contribution in [0, 0.1) is 5.41 Å². The molecule has 1 fully saturated rings. The fraction of sp³-hybridized carbons (Fsp3) is 0.368. The van der Waals surface area contributed by atoms with Crippen LogP contribution < -0.4 is 0 Å². The van der Waals surface area contributed by atoms with E-state index in [9.17, 15) is 14.7 Å². The standard InChI is InChI=1S/C19H21NO4S/c1-24-13-19(18(22)23)8-9-20(12-19)17(21)11-25-16-7-6-14-4-2-3-5-15(14)10-16/h2-7,10H,8-9,11-13H2,1H3,(H,22,23). The van der Waals surface area contributed by atoms with Gasteiger partial charge in [0.2, 0.25) is 5.91 Å². The van der Waals surface area contributed by atoms with E-state index in [1.807, 2.05) is 30.3 Å². The van der Waals surface area contributed by atoms with E-state index in [2.05, 4.69) is 12.1 Å². The van der Waals surface area contributed by atoms with Gasteiger partial charge in [-0.3, -0.25) is 9.59 Å². The molecule has 1 atom stereocenters. The van der Waals surface area contributed by atoms with Crippen LogP contribution in [0.3, 0.4) is 0 Å². The number of ether oxygens (including phenoxy) is 1. The molecule has 1 amide bonds. The van der Waals surface area contributed by atoms with Crippen LogP contribution in [0.1, 0.15) is 6.42 Å². The van der Waals surface area contributed by atoms with Gasteiger partial charge in [-0.15, -0.1) is 11.8 Å². The van der Waals surface area contributed by atoms with Crippen molar-refractivity contribution in [3.63, 3.8) is 0 Å². The lowest BCUT2D eigenvalue weighted by Crippen LogP contribution is -2.40. The van der Waals surface area contributed by atoms with Crippen molar-refractivity contribution in [2.24, 2.45) is 5.41 Å². The first-order valence-corrected chi connectivity index (χ1v) is 9.14. The van der Waals surface area contributed by atoms with E-state index in [1.165, 1.54) is 24.3 Å². The summed E-state index contributed by atoms with van der Waals surface area (Å²) in [6.07, 6.45) is 0.433. The minimum absolute atomic E-state index is 0.0302. The summed E-state index contributed by atoms with van der Waals surface area (Å²) < 4.78 is 5.06. The molecule has 0 aromatic heterocycles. The number of benzene rings is 2. The zero-order chi connectivity index (χ0) is 17.9. The molecule has 0 saturated carbocycles. The average Bonchev–Trinajstić information content (AvgIpc) is 3.05. The van der Waals surface area contributed by atoms with E-state index in [0.29, 0.717) is 18.7 Å². The molecule has 1 N–H and O–H groups in total. The lowest BCUT2D eigenvalue weighted by molar-refractivity contribution is -0.151. The third-order valence-electron chi connectivity index (χ3n) is 4.66. The predicted octanol–water partition coefficient (Wildman–Crippen LogP) is 2.88. The van der Waals surface area contributed by atoms with Crippen LogP contribution in [-0.4, -0.2) is 54.4 Å². The van der Waals surface area contributed by atoms with Crippen molar-refractivity contribution in [2.75, 3.05) is 32.6 Å². The molecule has 1 heterocycles. The molecule has 1 aliphatic heterocycles. The molecule has 2 aromatic carbocycles. The quantitative estimate of drug-likeness (QED) is 0.804. The number of thioether (sulfide) groups is 1. The minimum Gasteiger partial charge on any atom is -0.481 e. The number of methoxy groups -OCH3 is 1. The zero-order valence-electron chi connectivity index (χ0n) is 14.1. The van der Waals surface area contributed by atoms with Crippen molar-refractivity contribution < 1.29 is 19.4 Å². The Morgan fingerprint density at radius 2 is 2.00 bits per heavy atom. The number of rotatable bonds is 6. The molecule has 0 bridgehead atoms. The molecule has 3 rings (SSSR count). The molecule has 0 spiro atoms. The number of carbonyl (C=O) groups excluding carboxylic acids is 1. The van der Waals surface area contributed by atoms with Gasteiger partial charge in [-0.25, -0.2) is 0 Å². The van der Waals surface area contributed by atoms with Crippen molar-refractivity contribution >= 4 is 34.4 Å². The molecule has 0 radical (unpaired) electrons. The third-order valence-corrected chi connectivity index (χ3v) is 5.64. The van der Waals surface area contributed by atoms with Crippen molar-refractivity contribution in [3.8, 4) is 0 Å².